The maximum Gasteiger partial charge on any atom is 0.282 e. The van der Waals surface area contributed by atoms with Crippen LogP contribution in [-0.2, 0) is 10.0 Å². The van der Waals surface area contributed by atoms with Crippen molar-refractivity contribution in [1.82, 2.24) is 0 Å². The zero-order chi connectivity index (χ0) is 16.3. The van der Waals surface area contributed by atoms with Crippen LogP contribution in [-0.4, -0.2) is 26.8 Å². The summed E-state index contributed by atoms with van der Waals surface area (Å²) in [5.74, 6) is 0.185. The molecule has 0 aromatic heterocycles. The summed E-state index contributed by atoms with van der Waals surface area (Å²) in [6, 6.07) is 9.33. The Balaban J connectivity index is 2.35. The third-order valence-corrected chi connectivity index (χ3v) is 4.89. The Labute approximate surface area is 137 Å². The van der Waals surface area contributed by atoms with Crippen LogP contribution in [0.2, 0.25) is 0 Å². The van der Waals surface area contributed by atoms with E-state index in [0.29, 0.717) is 10.0 Å². The largest absolute Gasteiger partial charge is 0.504 e. The van der Waals surface area contributed by atoms with Gasteiger partial charge in [-0.2, -0.15) is 12.8 Å². The number of phenolic OH excluding ortho intramolecular Hbond substituents is 1. The molecular formula is C15H14BrNO4S. The van der Waals surface area contributed by atoms with Gasteiger partial charge in [0.1, 0.15) is 0 Å². The molecule has 2 rings (SSSR count). The number of aryl methyl sites for hydroxylation is 1. The molecule has 0 spiro atoms. The number of benzene rings is 2. The lowest BCUT2D eigenvalue weighted by molar-refractivity contribution is 0.373. The summed E-state index contributed by atoms with van der Waals surface area (Å²) in [4.78, 5) is 0.114. The van der Waals surface area contributed by atoms with Gasteiger partial charge in [0.2, 0.25) is 0 Å². The van der Waals surface area contributed by atoms with Gasteiger partial charge in [0.05, 0.1) is 12.0 Å². The van der Waals surface area contributed by atoms with Gasteiger partial charge in [0.15, 0.2) is 11.5 Å². The van der Waals surface area contributed by atoms with Crippen molar-refractivity contribution < 1.29 is 18.3 Å². The molecule has 22 heavy (non-hydrogen) atoms. The Hall–Kier alpha value is -1.86. The zero-order valence-electron chi connectivity index (χ0n) is 11.9. The molecule has 2 aromatic rings. The van der Waals surface area contributed by atoms with Crippen LogP contribution in [0.25, 0.3) is 0 Å². The number of methoxy groups -OCH3 is 1. The summed E-state index contributed by atoms with van der Waals surface area (Å²) < 4.78 is 33.4. The van der Waals surface area contributed by atoms with E-state index in [4.69, 9.17) is 4.74 Å². The second-order valence-corrected chi connectivity index (χ2v) is 7.05. The van der Waals surface area contributed by atoms with E-state index >= 15 is 0 Å². The van der Waals surface area contributed by atoms with Crippen LogP contribution in [0.1, 0.15) is 11.1 Å². The van der Waals surface area contributed by atoms with E-state index in [-0.39, 0.29) is 16.4 Å². The summed E-state index contributed by atoms with van der Waals surface area (Å²) in [7, 11) is -2.36. The van der Waals surface area contributed by atoms with Crippen molar-refractivity contribution in [2.45, 2.75) is 11.8 Å². The number of nitrogens with zero attached hydrogens (tertiary/aromatic N) is 1. The summed E-state index contributed by atoms with van der Waals surface area (Å²) in [6.07, 6.45) is 1.18. The first-order chi connectivity index (χ1) is 10.3. The fourth-order valence-corrected chi connectivity index (χ4v) is 3.00. The molecule has 5 nitrogen and oxygen atoms in total. The second-order valence-electron chi connectivity index (χ2n) is 4.57. The number of ether oxygens (including phenoxy) is 1. The smallest absolute Gasteiger partial charge is 0.282 e. The lowest BCUT2D eigenvalue weighted by Gasteiger charge is -2.06. The molecule has 0 aliphatic rings. The summed E-state index contributed by atoms with van der Waals surface area (Å²) >= 11 is 3.28. The van der Waals surface area contributed by atoms with Crippen molar-refractivity contribution in [3.63, 3.8) is 0 Å². The van der Waals surface area contributed by atoms with E-state index in [1.807, 2.05) is 6.92 Å². The van der Waals surface area contributed by atoms with E-state index in [1.54, 1.807) is 12.1 Å². The number of sulfonamides is 1. The van der Waals surface area contributed by atoms with Crippen molar-refractivity contribution in [1.29, 1.82) is 0 Å². The molecule has 0 fully saturated rings. The highest BCUT2D eigenvalue weighted by Gasteiger charge is 2.12. The molecule has 0 heterocycles. The molecule has 0 bridgehead atoms. The first-order valence-corrected chi connectivity index (χ1v) is 8.50. The minimum absolute atomic E-state index is 0.0973. The minimum Gasteiger partial charge on any atom is -0.504 e. The number of phenols is 1. The van der Waals surface area contributed by atoms with Crippen molar-refractivity contribution >= 4 is 32.2 Å². The standard InChI is InChI=1S/C15H14BrNO4S/c1-10-3-5-12(6-4-10)22(19,20)17-9-11-7-14(18)15(21-2)8-13(11)16/h3-9,18H,1-2H3/b17-9+. The topological polar surface area (TPSA) is 76.0 Å². The number of rotatable bonds is 4. The second kappa shape index (κ2) is 6.50. The third-order valence-electron chi connectivity index (χ3n) is 2.95. The van der Waals surface area contributed by atoms with Crippen LogP contribution in [0.15, 0.2) is 50.2 Å². The molecule has 0 unspecified atom stereocenters. The molecule has 7 heteroatoms. The van der Waals surface area contributed by atoms with Gasteiger partial charge in [-0.1, -0.05) is 17.7 Å². The van der Waals surface area contributed by atoms with Gasteiger partial charge in [-0.15, -0.1) is 0 Å². The predicted molar refractivity (Wildman–Crippen MR) is 88.3 cm³/mol. The Kier molecular flexibility index (Phi) is 4.87. The highest BCUT2D eigenvalue weighted by atomic mass is 79.9. The third kappa shape index (κ3) is 3.66. The highest BCUT2D eigenvalue weighted by molar-refractivity contribution is 9.10. The van der Waals surface area contributed by atoms with Crippen LogP contribution in [0.5, 0.6) is 11.5 Å². The quantitative estimate of drug-likeness (QED) is 0.821. The van der Waals surface area contributed by atoms with E-state index in [2.05, 4.69) is 20.3 Å². The lowest BCUT2D eigenvalue weighted by Crippen LogP contribution is -1.98. The van der Waals surface area contributed by atoms with Crippen molar-refractivity contribution in [3.05, 3.63) is 52.0 Å². The van der Waals surface area contributed by atoms with E-state index in [0.717, 1.165) is 5.56 Å². The summed E-state index contributed by atoms with van der Waals surface area (Å²) in [6.45, 7) is 1.87. The first kappa shape index (κ1) is 16.5. The number of aromatic hydroxyl groups is 1. The van der Waals surface area contributed by atoms with Gasteiger partial charge in [-0.05, 0) is 47.1 Å². The average Bonchev–Trinajstić information content (AvgIpc) is 2.48. The molecular weight excluding hydrogens is 370 g/mol. The maximum atomic E-state index is 12.1. The summed E-state index contributed by atoms with van der Waals surface area (Å²) in [5.41, 5.74) is 1.39. The molecule has 0 aliphatic carbocycles. The van der Waals surface area contributed by atoms with Crippen LogP contribution in [0.4, 0.5) is 0 Å². The van der Waals surface area contributed by atoms with Crippen LogP contribution < -0.4 is 4.74 Å². The molecule has 0 radical (unpaired) electrons. The molecule has 0 aliphatic heterocycles. The van der Waals surface area contributed by atoms with Crippen molar-refractivity contribution in [2.75, 3.05) is 7.11 Å². The Morgan fingerprint density at radius 2 is 1.86 bits per heavy atom. The Bertz CT molecular complexity index is 814. The van der Waals surface area contributed by atoms with Crippen LogP contribution >= 0.6 is 15.9 Å². The van der Waals surface area contributed by atoms with E-state index in [1.165, 1.54) is 37.6 Å². The van der Waals surface area contributed by atoms with Gasteiger partial charge in [0.25, 0.3) is 10.0 Å². The van der Waals surface area contributed by atoms with Gasteiger partial charge >= 0.3 is 0 Å². The van der Waals surface area contributed by atoms with Crippen molar-refractivity contribution in [3.8, 4) is 11.5 Å². The highest BCUT2D eigenvalue weighted by Crippen LogP contribution is 2.31. The molecule has 0 amide bonds. The van der Waals surface area contributed by atoms with Crippen LogP contribution in [0, 0.1) is 6.92 Å². The predicted octanol–water partition coefficient (Wildman–Crippen LogP) is 3.28. The molecule has 2 aromatic carbocycles. The summed E-state index contributed by atoms with van der Waals surface area (Å²) in [5, 5.41) is 9.74. The minimum atomic E-state index is -3.78. The molecule has 0 atom stereocenters. The molecule has 0 saturated heterocycles. The van der Waals surface area contributed by atoms with Gasteiger partial charge in [-0.3, -0.25) is 0 Å². The number of hydrogen-bond acceptors (Lipinski definition) is 4. The molecule has 116 valence electrons. The monoisotopic (exact) mass is 383 g/mol. The van der Waals surface area contributed by atoms with Gasteiger partial charge in [-0.25, -0.2) is 0 Å². The number of hydrogen-bond donors (Lipinski definition) is 1. The molecule has 0 saturated carbocycles. The average molecular weight is 384 g/mol. The fraction of sp³-hybridized carbons (Fsp3) is 0.133. The molecule has 1 N–H and O–H groups in total. The van der Waals surface area contributed by atoms with E-state index in [9.17, 15) is 13.5 Å². The zero-order valence-corrected chi connectivity index (χ0v) is 14.3. The maximum absolute atomic E-state index is 12.1. The van der Waals surface area contributed by atoms with Gasteiger partial charge in [0, 0.05) is 16.3 Å². The Morgan fingerprint density at radius 1 is 1.23 bits per heavy atom. The first-order valence-electron chi connectivity index (χ1n) is 6.27. The normalized spacial score (nSPS) is 11.8. The number of halogens is 1. The SMILES string of the molecule is COc1cc(Br)c(/C=N/S(=O)(=O)c2ccc(C)cc2)cc1O. The lowest BCUT2D eigenvalue weighted by atomic mass is 10.2. The van der Waals surface area contributed by atoms with E-state index < -0.39 is 10.0 Å². The van der Waals surface area contributed by atoms with Crippen molar-refractivity contribution in [2.24, 2.45) is 4.40 Å². The Morgan fingerprint density at radius 3 is 2.45 bits per heavy atom. The van der Waals surface area contributed by atoms with Crippen LogP contribution in [0.3, 0.4) is 0 Å². The fourth-order valence-electron chi connectivity index (χ4n) is 1.72. The van der Waals surface area contributed by atoms with Gasteiger partial charge < -0.3 is 9.84 Å².